The Morgan fingerprint density at radius 2 is 1.69 bits per heavy atom. The summed E-state index contributed by atoms with van der Waals surface area (Å²) in [7, 11) is -2.20. The lowest BCUT2D eigenvalue weighted by Crippen LogP contribution is -2.50. The average molecular weight is 422 g/mol. The standard InChI is InChI=1S/C20H23FN2O5S/c1-3-28-19-14-15(4-9-18(19)27-2)20(24)22-10-12-23(13-11-22)29(25,26)17-7-5-16(21)6-8-17/h4-9,14H,3,10-13H2,1-2H3. The third-order valence-electron chi connectivity index (χ3n) is 4.69. The Hall–Kier alpha value is -2.65. The number of amides is 1. The fourth-order valence-corrected chi connectivity index (χ4v) is 4.57. The van der Waals surface area contributed by atoms with Crippen molar-refractivity contribution < 1.29 is 27.1 Å². The maximum atomic E-state index is 13.1. The molecule has 2 aromatic carbocycles. The largest absolute Gasteiger partial charge is 0.493 e. The molecule has 0 unspecified atom stereocenters. The molecule has 9 heteroatoms. The molecule has 1 aliphatic rings. The zero-order valence-corrected chi connectivity index (χ0v) is 17.1. The number of ether oxygens (including phenoxy) is 2. The smallest absolute Gasteiger partial charge is 0.254 e. The van der Waals surface area contributed by atoms with Gasteiger partial charge in [-0.2, -0.15) is 4.31 Å². The molecule has 1 aliphatic heterocycles. The van der Waals surface area contributed by atoms with Crippen LogP contribution in [0.15, 0.2) is 47.4 Å². The van der Waals surface area contributed by atoms with Crippen LogP contribution in [0.25, 0.3) is 0 Å². The summed E-state index contributed by atoms with van der Waals surface area (Å²) in [6.07, 6.45) is 0. The number of hydrogen-bond acceptors (Lipinski definition) is 5. The molecule has 1 heterocycles. The Labute approximate surface area is 169 Å². The maximum absolute atomic E-state index is 13.1. The summed E-state index contributed by atoms with van der Waals surface area (Å²) in [6, 6.07) is 9.69. The molecule has 29 heavy (non-hydrogen) atoms. The van der Waals surface area contributed by atoms with E-state index in [-0.39, 0.29) is 37.0 Å². The summed E-state index contributed by atoms with van der Waals surface area (Å²) in [5, 5.41) is 0. The van der Waals surface area contributed by atoms with Crippen molar-refractivity contribution in [2.75, 3.05) is 39.9 Å². The van der Waals surface area contributed by atoms with Gasteiger partial charge in [0.1, 0.15) is 5.82 Å². The lowest BCUT2D eigenvalue weighted by Gasteiger charge is -2.34. The maximum Gasteiger partial charge on any atom is 0.254 e. The van der Waals surface area contributed by atoms with Crippen LogP contribution in [0.2, 0.25) is 0 Å². The Balaban J connectivity index is 1.69. The van der Waals surface area contributed by atoms with Crippen molar-refractivity contribution in [3.63, 3.8) is 0 Å². The van der Waals surface area contributed by atoms with Gasteiger partial charge in [0, 0.05) is 31.7 Å². The zero-order chi connectivity index (χ0) is 21.0. The summed E-state index contributed by atoms with van der Waals surface area (Å²) in [4.78, 5) is 14.5. The van der Waals surface area contributed by atoms with Gasteiger partial charge in [-0.1, -0.05) is 0 Å². The Bertz CT molecular complexity index is 971. The third kappa shape index (κ3) is 4.51. The van der Waals surface area contributed by atoms with E-state index >= 15 is 0 Å². The molecule has 0 saturated carbocycles. The fourth-order valence-electron chi connectivity index (χ4n) is 3.15. The number of benzene rings is 2. The van der Waals surface area contributed by atoms with Gasteiger partial charge in [0.05, 0.1) is 18.6 Å². The number of sulfonamides is 1. The summed E-state index contributed by atoms with van der Waals surface area (Å²) in [5.74, 6) is 0.328. The predicted molar refractivity (Wildman–Crippen MR) is 105 cm³/mol. The molecule has 0 atom stereocenters. The van der Waals surface area contributed by atoms with Crippen molar-refractivity contribution in [1.29, 1.82) is 0 Å². The van der Waals surface area contributed by atoms with Crippen LogP contribution in [0.4, 0.5) is 4.39 Å². The van der Waals surface area contributed by atoms with Gasteiger partial charge in [0.25, 0.3) is 5.91 Å². The van der Waals surface area contributed by atoms with Crippen molar-refractivity contribution in [3.05, 3.63) is 53.8 Å². The molecule has 0 bridgehead atoms. The lowest BCUT2D eigenvalue weighted by atomic mass is 10.1. The van der Waals surface area contributed by atoms with E-state index in [1.54, 1.807) is 23.1 Å². The summed E-state index contributed by atoms with van der Waals surface area (Å²) >= 11 is 0. The number of nitrogens with zero attached hydrogens (tertiary/aromatic N) is 2. The van der Waals surface area contributed by atoms with Gasteiger partial charge in [-0.25, -0.2) is 12.8 Å². The summed E-state index contributed by atoms with van der Waals surface area (Å²) < 4.78 is 50.5. The molecule has 0 aromatic heterocycles. The van der Waals surface area contributed by atoms with Crippen molar-refractivity contribution in [2.45, 2.75) is 11.8 Å². The van der Waals surface area contributed by atoms with Gasteiger partial charge < -0.3 is 14.4 Å². The minimum atomic E-state index is -3.72. The number of halogens is 1. The van der Waals surface area contributed by atoms with Crippen LogP contribution in [0.1, 0.15) is 17.3 Å². The quantitative estimate of drug-likeness (QED) is 0.715. The highest BCUT2D eigenvalue weighted by Gasteiger charge is 2.30. The van der Waals surface area contributed by atoms with Crippen LogP contribution in [0.3, 0.4) is 0 Å². The molecule has 0 spiro atoms. The third-order valence-corrected chi connectivity index (χ3v) is 6.60. The molecular formula is C20H23FN2O5S. The van der Waals surface area contributed by atoms with Gasteiger partial charge in [0.2, 0.25) is 10.0 Å². The molecule has 3 rings (SSSR count). The first-order valence-corrected chi connectivity index (χ1v) is 10.7. The van der Waals surface area contributed by atoms with E-state index in [9.17, 15) is 17.6 Å². The first-order valence-electron chi connectivity index (χ1n) is 9.22. The minimum Gasteiger partial charge on any atom is -0.493 e. The van der Waals surface area contributed by atoms with E-state index in [0.717, 1.165) is 12.1 Å². The second kappa shape index (κ2) is 8.79. The summed E-state index contributed by atoms with van der Waals surface area (Å²) in [6.45, 7) is 3.13. The van der Waals surface area contributed by atoms with Crippen LogP contribution in [0, 0.1) is 5.82 Å². The molecule has 0 radical (unpaired) electrons. The predicted octanol–water partition coefficient (Wildman–Crippen LogP) is 2.38. The van der Waals surface area contributed by atoms with E-state index < -0.39 is 15.8 Å². The van der Waals surface area contributed by atoms with E-state index in [1.165, 1.54) is 23.5 Å². The van der Waals surface area contributed by atoms with Gasteiger partial charge in [-0.15, -0.1) is 0 Å². The average Bonchev–Trinajstić information content (AvgIpc) is 2.74. The zero-order valence-electron chi connectivity index (χ0n) is 16.3. The lowest BCUT2D eigenvalue weighted by molar-refractivity contribution is 0.0697. The van der Waals surface area contributed by atoms with Crippen LogP contribution < -0.4 is 9.47 Å². The van der Waals surface area contributed by atoms with Crippen molar-refractivity contribution in [2.24, 2.45) is 0 Å². The molecule has 7 nitrogen and oxygen atoms in total. The van der Waals surface area contributed by atoms with Crippen LogP contribution in [-0.2, 0) is 10.0 Å². The van der Waals surface area contributed by atoms with Crippen LogP contribution in [0.5, 0.6) is 11.5 Å². The number of methoxy groups -OCH3 is 1. The van der Waals surface area contributed by atoms with Crippen molar-refractivity contribution >= 4 is 15.9 Å². The van der Waals surface area contributed by atoms with Crippen LogP contribution in [-0.4, -0.2) is 63.4 Å². The normalized spacial score (nSPS) is 15.2. The SMILES string of the molecule is CCOc1cc(C(=O)N2CCN(S(=O)(=O)c3ccc(F)cc3)CC2)ccc1OC. The number of carbonyl (C=O) groups excluding carboxylic acids is 1. The molecule has 1 saturated heterocycles. The topological polar surface area (TPSA) is 76.2 Å². The van der Waals surface area contributed by atoms with E-state index in [0.29, 0.717) is 23.7 Å². The van der Waals surface area contributed by atoms with Crippen LogP contribution >= 0.6 is 0 Å². The number of carbonyl (C=O) groups is 1. The Morgan fingerprint density at radius 1 is 1.03 bits per heavy atom. The highest BCUT2D eigenvalue weighted by Crippen LogP contribution is 2.29. The van der Waals surface area contributed by atoms with E-state index in [1.807, 2.05) is 6.92 Å². The van der Waals surface area contributed by atoms with Gasteiger partial charge >= 0.3 is 0 Å². The molecule has 0 N–H and O–H groups in total. The minimum absolute atomic E-state index is 0.0372. The molecule has 156 valence electrons. The molecular weight excluding hydrogens is 399 g/mol. The molecule has 0 aliphatic carbocycles. The van der Waals surface area contributed by atoms with Crippen molar-refractivity contribution in [3.8, 4) is 11.5 Å². The molecule has 1 amide bonds. The Morgan fingerprint density at radius 3 is 2.28 bits per heavy atom. The van der Waals surface area contributed by atoms with Gasteiger partial charge in [-0.05, 0) is 49.4 Å². The monoisotopic (exact) mass is 422 g/mol. The van der Waals surface area contributed by atoms with E-state index in [4.69, 9.17) is 9.47 Å². The number of hydrogen-bond donors (Lipinski definition) is 0. The number of rotatable bonds is 6. The second-order valence-electron chi connectivity index (χ2n) is 6.45. The highest BCUT2D eigenvalue weighted by molar-refractivity contribution is 7.89. The first-order chi connectivity index (χ1) is 13.9. The van der Waals surface area contributed by atoms with Crippen molar-refractivity contribution in [1.82, 2.24) is 9.21 Å². The first kappa shape index (κ1) is 21.1. The second-order valence-corrected chi connectivity index (χ2v) is 8.39. The fraction of sp³-hybridized carbons (Fsp3) is 0.350. The Kier molecular flexibility index (Phi) is 6.39. The van der Waals surface area contributed by atoms with Gasteiger partial charge in [0.15, 0.2) is 11.5 Å². The molecule has 1 fully saturated rings. The summed E-state index contributed by atoms with van der Waals surface area (Å²) in [5.41, 5.74) is 0.448. The van der Waals surface area contributed by atoms with E-state index in [2.05, 4.69) is 0 Å². The molecule has 2 aromatic rings. The van der Waals surface area contributed by atoms with Gasteiger partial charge in [-0.3, -0.25) is 4.79 Å². The number of piperazine rings is 1. The highest BCUT2D eigenvalue weighted by atomic mass is 32.2.